The van der Waals surface area contributed by atoms with Crippen LogP contribution in [-0.2, 0) is 4.79 Å². The highest BCUT2D eigenvalue weighted by Crippen LogP contribution is 2.26. The van der Waals surface area contributed by atoms with E-state index >= 15 is 0 Å². The molecule has 0 saturated carbocycles. The molecular formula is C16H17NO4S. The van der Waals surface area contributed by atoms with Crippen molar-refractivity contribution >= 4 is 34.6 Å². The van der Waals surface area contributed by atoms with E-state index in [0.29, 0.717) is 17.9 Å². The van der Waals surface area contributed by atoms with Gasteiger partial charge in [-0.3, -0.25) is 9.59 Å². The number of rotatable bonds is 3. The number of aliphatic carboxylic acids is 1. The third-order valence-corrected chi connectivity index (χ3v) is 4.94. The standard InChI is InChI=1S/C16H17NO4S/c1-10-3-2-4-11-7-13(21-15(10)11)16(20)17-5-6-22-9-12(17)8-14(18)19/h2-4,7,12H,5-6,8-9H2,1H3,(H,18,19). The number of thioether (sulfide) groups is 1. The summed E-state index contributed by atoms with van der Waals surface area (Å²) in [5, 5.41) is 9.91. The van der Waals surface area contributed by atoms with Crippen molar-refractivity contribution in [2.75, 3.05) is 18.1 Å². The summed E-state index contributed by atoms with van der Waals surface area (Å²) in [6, 6.07) is 7.23. The molecule has 1 saturated heterocycles. The molecule has 6 heteroatoms. The Morgan fingerprint density at radius 2 is 2.27 bits per heavy atom. The number of benzene rings is 1. The van der Waals surface area contributed by atoms with Gasteiger partial charge in [0, 0.05) is 23.4 Å². The lowest BCUT2D eigenvalue weighted by Gasteiger charge is -2.33. The van der Waals surface area contributed by atoms with Crippen LogP contribution in [0.25, 0.3) is 11.0 Å². The van der Waals surface area contributed by atoms with E-state index in [1.807, 2.05) is 25.1 Å². The van der Waals surface area contributed by atoms with Crippen LogP contribution in [0.2, 0.25) is 0 Å². The van der Waals surface area contributed by atoms with Crippen LogP contribution in [0, 0.1) is 6.92 Å². The minimum Gasteiger partial charge on any atom is -0.481 e. The average molecular weight is 319 g/mol. The number of amides is 1. The molecule has 1 aliphatic heterocycles. The number of carbonyl (C=O) groups is 2. The lowest BCUT2D eigenvalue weighted by Crippen LogP contribution is -2.47. The van der Waals surface area contributed by atoms with Crippen molar-refractivity contribution in [3.63, 3.8) is 0 Å². The number of furan rings is 1. The highest BCUT2D eigenvalue weighted by atomic mass is 32.2. The van der Waals surface area contributed by atoms with Gasteiger partial charge in [-0.2, -0.15) is 11.8 Å². The van der Waals surface area contributed by atoms with Gasteiger partial charge in [0.05, 0.1) is 12.5 Å². The Kier molecular flexibility index (Phi) is 4.11. The minimum absolute atomic E-state index is 0.0298. The molecule has 1 amide bonds. The summed E-state index contributed by atoms with van der Waals surface area (Å²) in [5.41, 5.74) is 1.69. The van der Waals surface area contributed by atoms with Crippen molar-refractivity contribution in [3.8, 4) is 0 Å². The van der Waals surface area contributed by atoms with E-state index in [1.54, 1.807) is 22.7 Å². The number of hydrogen-bond acceptors (Lipinski definition) is 4. The zero-order valence-electron chi connectivity index (χ0n) is 12.2. The maximum Gasteiger partial charge on any atom is 0.305 e. The van der Waals surface area contributed by atoms with Crippen LogP contribution >= 0.6 is 11.8 Å². The van der Waals surface area contributed by atoms with Gasteiger partial charge in [-0.25, -0.2) is 0 Å². The van der Waals surface area contributed by atoms with Gasteiger partial charge < -0.3 is 14.4 Å². The Balaban J connectivity index is 1.89. The summed E-state index contributed by atoms with van der Waals surface area (Å²) in [6.07, 6.45) is -0.0298. The van der Waals surface area contributed by atoms with Gasteiger partial charge in [0.2, 0.25) is 0 Å². The molecule has 1 atom stereocenters. The smallest absolute Gasteiger partial charge is 0.305 e. The SMILES string of the molecule is Cc1cccc2cc(C(=O)N3CCSCC3CC(=O)O)oc12. The van der Waals surface area contributed by atoms with Gasteiger partial charge in [-0.05, 0) is 18.6 Å². The molecule has 1 unspecified atom stereocenters. The maximum absolute atomic E-state index is 12.7. The maximum atomic E-state index is 12.7. The normalized spacial score (nSPS) is 18.6. The first-order valence-electron chi connectivity index (χ1n) is 7.16. The number of aryl methyl sites for hydroxylation is 1. The largest absolute Gasteiger partial charge is 0.481 e. The van der Waals surface area contributed by atoms with Crippen molar-refractivity contribution in [1.82, 2.24) is 4.90 Å². The second-order valence-corrected chi connectivity index (χ2v) is 6.58. The van der Waals surface area contributed by atoms with Crippen LogP contribution in [0.15, 0.2) is 28.7 Å². The molecule has 22 heavy (non-hydrogen) atoms. The number of para-hydroxylation sites is 1. The molecule has 5 nitrogen and oxygen atoms in total. The van der Waals surface area contributed by atoms with Crippen molar-refractivity contribution in [1.29, 1.82) is 0 Å². The number of nitrogens with zero attached hydrogens (tertiary/aromatic N) is 1. The summed E-state index contributed by atoms with van der Waals surface area (Å²) in [5.74, 6) is 0.651. The highest BCUT2D eigenvalue weighted by Gasteiger charge is 2.31. The van der Waals surface area contributed by atoms with Crippen LogP contribution in [0.4, 0.5) is 0 Å². The molecule has 1 N–H and O–H groups in total. The quantitative estimate of drug-likeness (QED) is 0.942. The number of fused-ring (bicyclic) bond motifs is 1. The Bertz CT molecular complexity index is 724. The van der Waals surface area contributed by atoms with Crippen molar-refractivity contribution in [3.05, 3.63) is 35.6 Å². The summed E-state index contributed by atoms with van der Waals surface area (Å²) < 4.78 is 5.72. The van der Waals surface area contributed by atoms with E-state index in [1.165, 1.54) is 0 Å². The molecule has 1 aromatic heterocycles. The van der Waals surface area contributed by atoms with Crippen LogP contribution in [0.1, 0.15) is 22.5 Å². The molecule has 116 valence electrons. The molecule has 2 heterocycles. The summed E-state index contributed by atoms with van der Waals surface area (Å²) in [4.78, 5) is 25.3. The Morgan fingerprint density at radius 1 is 1.45 bits per heavy atom. The monoisotopic (exact) mass is 319 g/mol. The van der Waals surface area contributed by atoms with Crippen molar-refractivity contribution < 1.29 is 19.1 Å². The number of carboxylic acids is 1. The number of carbonyl (C=O) groups excluding carboxylic acids is 1. The first kappa shape index (κ1) is 15.0. The van der Waals surface area contributed by atoms with E-state index in [2.05, 4.69) is 0 Å². The van der Waals surface area contributed by atoms with Crippen molar-refractivity contribution in [2.24, 2.45) is 0 Å². The molecule has 0 aliphatic carbocycles. The molecule has 3 rings (SSSR count). The predicted octanol–water partition coefficient (Wildman–Crippen LogP) is 2.77. The second-order valence-electron chi connectivity index (χ2n) is 5.43. The molecule has 0 radical (unpaired) electrons. The van der Waals surface area contributed by atoms with Crippen LogP contribution in [0.5, 0.6) is 0 Å². The van der Waals surface area contributed by atoms with E-state index in [0.717, 1.165) is 16.7 Å². The third-order valence-electron chi connectivity index (χ3n) is 3.85. The number of carboxylic acid groups (broad SMARTS) is 1. The second kappa shape index (κ2) is 6.04. The fraction of sp³-hybridized carbons (Fsp3) is 0.375. The molecule has 1 aromatic carbocycles. The van der Waals surface area contributed by atoms with Gasteiger partial charge in [0.15, 0.2) is 5.76 Å². The van der Waals surface area contributed by atoms with E-state index in [9.17, 15) is 9.59 Å². The average Bonchev–Trinajstić information content (AvgIpc) is 2.92. The van der Waals surface area contributed by atoms with Gasteiger partial charge in [0.25, 0.3) is 5.91 Å². The zero-order chi connectivity index (χ0) is 15.7. The molecule has 2 aromatic rings. The Labute approximate surface area is 132 Å². The summed E-state index contributed by atoms with van der Waals surface area (Å²) in [6.45, 7) is 2.49. The molecular weight excluding hydrogens is 302 g/mol. The topological polar surface area (TPSA) is 70.8 Å². The number of hydrogen-bond donors (Lipinski definition) is 1. The van der Waals surface area contributed by atoms with Gasteiger partial charge in [0.1, 0.15) is 5.58 Å². The molecule has 1 aliphatic rings. The van der Waals surface area contributed by atoms with Gasteiger partial charge in [-0.1, -0.05) is 18.2 Å². The van der Waals surface area contributed by atoms with Crippen molar-refractivity contribution in [2.45, 2.75) is 19.4 Å². The first-order chi connectivity index (χ1) is 10.6. The zero-order valence-corrected chi connectivity index (χ0v) is 13.1. The molecule has 0 bridgehead atoms. The fourth-order valence-corrected chi connectivity index (χ4v) is 3.81. The Morgan fingerprint density at radius 3 is 3.00 bits per heavy atom. The van der Waals surface area contributed by atoms with Gasteiger partial charge >= 0.3 is 5.97 Å². The third kappa shape index (κ3) is 2.83. The fourth-order valence-electron chi connectivity index (χ4n) is 2.75. The van der Waals surface area contributed by atoms with E-state index < -0.39 is 5.97 Å². The van der Waals surface area contributed by atoms with Crippen LogP contribution < -0.4 is 0 Å². The molecule has 1 fully saturated rings. The summed E-state index contributed by atoms with van der Waals surface area (Å²) >= 11 is 1.68. The minimum atomic E-state index is -0.884. The lowest BCUT2D eigenvalue weighted by molar-refractivity contribution is -0.138. The van der Waals surface area contributed by atoms with Gasteiger partial charge in [-0.15, -0.1) is 0 Å². The predicted molar refractivity (Wildman–Crippen MR) is 85.4 cm³/mol. The lowest BCUT2D eigenvalue weighted by atomic mass is 10.1. The highest BCUT2D eigenvalue weighted by molar-refractivity contribution is 7.99. The molecule has 0 spiro atoms. The first-order valence-corrected chi connectivity index (χ1v) is 8.31. The van der Waals surface area contributed by atoms with E-state index in [4.69, 9.17) is 9.52 Å². The Hall–Kier alpha value is -1.95. The summed E-state index contributed by atoms with van der Waals surface area (Å²) in [7, 11) is 0. The van der Waals surface area contributed by atoms with E-state index in [-0.39, 0.29) is 24.1 Å². The van der Waals surface area contributed by atoms with Crippen LogP contribution in [-0.4, -0.2) is 46.0 Å². The van der Waals surface area contributed by atoms with Crippen LogP contribution in [0.3, 0.4) is 0 Å².